The molecule has 1 aromatic heterocycles. The van der Waals surface area contributed by atoms with E-state index in [1.807, 2.05) is 13.8 Å². The highest BCUT2D eigenvalue weighted by Gasteiger charge is 2.31. The van der Waals surface area contributed by atoms with Gasteiger partial charge in [-0.3, -0.25) is 14.5 Å². The minimum atomic E-state index is -1.24. The summed E-state index contributed by atoms with van der Waals surface area (Å²) in [5, 5.41) is 19.6. The van der Waals surface area contributed by atoms with E-state index >= 15 is 4.39 Å². The normalized spacial score (nSPS) is 14.7. The van der Waals surface area contributed by atoms with E-state index in [0.717, 1.165) is 24.2 Å². The second-order valence-electron chi connectivity index (χ2n) is 12.7. The zero-order valence-electron chi connectivity index (χ0n) is 27.0. The average molecular weight is 624 g/mol. The summed E-state index contributed by atoms with van der Waals surface area (Å²) in [6.07, 6.45) is 2.10. The van der Waals surface area contributed by atoms with Crippen LogP contribution in [0.2, 0.25) is 0 Å². The molecule has 2 aromatic carbocycles. The summed E-state index contributed by atoms with van der Waals surface area (Å²) in [7, 11) is 0. The highest BCUT2D eigenvalue weighted by Crippen LogP contribution is 2.34. The maximum Gasteiger partial charge on any atom is 0.343 e. The first kappa shape index (κ1) is 33.8. The Labute approximate surface area is 263 Å². The SMILES string of the molecule is Cc1cc(-c2c(C)cc(F)cc2C)cc([C@H](CC(=O)O)NC(=O)[C@H](CC(C)C)NC(=O)n2ncc3c2CN(C(C)C)CC3)c1F. The van der Waals surface area contributed by atoms with Crippen LogP contribution in [0.1, 0.15) is 80.1 Å². The number of carbonyl (C=O) groups excluding carboxylic acids is 2. The van der Waals surface area contributed by atoms with E-state index in [2.05, 4.69) is 34.5 Å². The Kier molecular flexibility index (Phi) is 10.4. The van der Waals surface area contributed by atoms with Crippen molar-refractivity contribution in [2.24, 2.45) is 5.92 Å². The number of aliphatic carboxylic acids is 1. The van der Waals surface area contributed by atoms with Crippen LogP contribution >= 0.6 is 0 Å². The van der Waals surface area contributed by atoms with Gasteiger partial charge in [-0.25, -0.2) is 13.6 Å². The largest absolute Gasteiger partial charge is 0.481 e. The van der Waals surface area contributed by atoms with Crippen molar-refractivity contribution in [3.8, 4) is 11.1 Å². The van der Waals surface area contributed by atoms with Crippen LogP contribution in [0.3, 0.4) is 0 Å². The zero-order valence-corrected chi connectivity index (χ0v) is 27.0. The zero-order chi connectivity index (χ0) is 33.2. The number of carbonyl (C=O) groups is 3. The van der Waals surface area contributed by atoms with Crippen LogP contribution in [0, 0.1) is 38.3 Å². The summed E-state index contributed by atoms with van der Waals surface area (Å²) in [5.41, 5.74) is 4.54. The molecule has 45 heavy (non-hydrogen) atoms. The highest BCUT2D eigenvalue weighted by atomic mass is 19.1. The van der Waals surface area contributed by atoms with Crippen molar-refractivity contribution in [3.05, 3.63) is 75.6 Å². The van der Waals surface area contributed by atoms with Crippen molar-refractivity contribution >= 4 is 17.9 Å². The number of amides is 2. The fourth-order valence-electron chi connectivity index (χ4n) is 6.10. The van der Waals surface area contributed by atoms with Gasteiger partial charge in [0.1, 0.15) is 17.7 Å². The lowest BCUT2D eigenvalue weighted by atomic mass is 9.90. The molecule has 0 fully saturated rings. The molecule has 0 bridgehead atoms. The van der Waals surface area contributed by atoms with E-state index in [0.29, 0.717) is 28.8 Å². The number of hydrogen-bond acceptors (Lipinski definition) is 5. The van der Waals surface area contributed by atoms with Gasteiger partial charge in [-0.2, -0.15) is 9.78 Å². The number of aromatic nitrogens is 2. The second-order valence-corrected chi connectivity index (χ2v) is 12.7. The van der Waals surface area contributed by atoms with Crippen molar-refractivity contribution in [3.63, 3.8) is 0 Å². The van der Waals surface area contributed by atoms with E-state index in [-0.39, 0.29) is 29.5 Å². The summed E-state index contributed by atoms with van der Waals surface area (Å²) >= 11 is 0. The molecule has 2 atom stereocenters. The summed E-state index contributed by atoms with van der Waals surface area (Å²) < 4.78 is 31.0. The molecule has 1 aliphatic rings. The van der Waals surface area contributed by atoms with E-state index in [9.17, 15) is 23.9 Å². The van der Waals surface area contributed by atoms with Gasteiger partial charge in [-0.15, -0.1) is 0 Å². The molecule has 11 heteroatoms. The molecule has 0 spiro atoms. The Bertz CT molecular complexity index is 1580. The van der Waals surface area contributed by atoms with Crippen molar-refractivity contribution in [2.45, 2.75) is 92.4 Å². The Morgan fingerprint density at radius 2 is 1.64 bits per heavy atom. The van der Waals surface area contributed by atoms with Gasteiger partial charge < -0.3 is 15.7 Å². The summed E-state index contributed by atoms with van der Waals surface area (Å²) in [6, 6.07) is 3.35. The predicted octanol–water partition coefficient (Wildman–Crippen LogP) is 5.82. The molecule has 0 unspecified atom stereocenters. The van der Waals surface area contributed by atoms with Crippen molar-refractivity contribution in [2.75, 3.05) is 6.54 Å². The van der Waals surface area contributed by atoms with E-state index in [4.69, 9.17) is 0 Å². The molecular weight excluding hydrogens is 580 g/mol. The first-order valence-electron chi connectivity index (χ1n) is 15.4. The third-order valence-electron chi connectivity index (χ3n) is 8.36. The minimum Gasteiger partial charge on any atom is -0.481 e. The van der Waals surface area contributed by atoms with Gasteiger partial charge in [0.15, 0.2) is 0 Å². The second kappa shape index (κ2) is 13.9. The Balaban J connectivity index is 1.65. The molecule has 1 aliphatic heterocycles. The number of aryl methyl sites for hydroxylation is 3. The number of benzene rings is 2. The van der Waals surface area contributed by atoms with E-state index in [1.54, 1.807) is 33.0 Å². The van der Waals surface area contributed by atoms with Crippen LogP contribution in [0.15, 0.2) is 30.5 Å². The van der Waals surface area contributed by atoms with E-state index < -0.39 is 48.0 Å². The molecule has 0 saturated carbocycles. The quantitative estimate of drug-likeness (QED) is 0.262. The topological polar surface area (TPSA) is 117 Å². The van der Waals surface area contributed by atoms with Crippen LogP contribution in [-0.4, -0.2) is 56.3 Å². The number of nitrogens with zero attached hydrogens (tertiary/aromatic N) is 3. The van der Waals surface area contributed by atoms with Crippen LogP contribution in [-0.2, 0) is 22.6 Å². The van der Waals surface area contributed by atoms with Gasteiger partial charge in [0.25, 0.3) is 0 Å². The Hall–Kier alpha value is -4.12. The minimum absolute atomic E-state index is 0.00585. The summed E-state index contributed by atoms with van der Waals surface area (Å²) in [5.74, 6) is -2.92. The van der Waals surface area contributed by atoms with Crippen LogP contribution in [0.5, 0.6) is 0 Å². The van der Waals surface area contributed by atoms with Gasteiger partial charge in [-0.1, -0.05) is 13.8 Å². The van der Waals surface area contributed by atoms with Crippen LogP contribution in [0.4, 0.5) is 13.6 Å². The van der Waals surface area contributed by atoms with Crippen molar-refractivity contribution in [1.82, 2.24) is 25.3 Å². The predicted molar refractivity (Wildman–Crippen MR) is 168 cm³/mol. The fourth-order valence-corrected chi connectivity index (χ4v) is 6.10. The first-order valence-corrected chi connectivity index (χ1v) is 15.4. The monoisotopic (exact) mass is 623 g/mol. The lowest BCUT2D eigenvalue weighted by Crippen LogP contribution is -2.50. The molecule has 0 saturated heterocycles. The third kappa shape index (κ3) is 7.76. The first-order chi connectivity index (χ1) is 21.2. The maximum atomic E-state index is 15.7. The molecule has 3 aromatic rings. The Morgan fingerprint density at radius 1 is 0.978 bits per heavy atom. The lowest BCUT2D eigenvalue weighted by molar-refractivity contribution is -0.137. The van der Waals surface area contributed by atoms with Crippen LogP contribution in [0.25, 0.3) is 11.1 Å². The molecule has 4 rings (SSSR count). The van der Waals surface area contributed by atoms with Gasteiger partial charge in [-0.05, 0) is 111 Å². The summed E-state index contributed by atoms with van der Waals surface area (Å²) in [6.45, 7) is 14.4. The third-order valence-corrected chi connectivity index (χ3v) is 8.36. The fraction of sp³-hybridized carbons (Fsp3) is 0.471. The molecular formula is C34H43F2N5O4. The molecule has 242 valence electrons. The maximum absolute atomic E-state index is 15.7. The lowest BCUT2D eigenvalue weighted by Gasteiger charge is -2.30. The summed E-state index contributed by atoms with van der Waals surface area (Å²) in [4.78, 5) is 41.4. The van der Waals surface area contributed by atoms with Crippen LogP contribution < -0.4 is 10.6 Å². The number of nitrogens with one attached hydrogen (secondary N) is 2. The van der Waals surface area contributed by atoms with Gasteiger partial charge in [0.2, 0.25) is 5.91 Å². The molecule has 2 heterocycles. The number of carboxylic acid groups (broad SMARTS) is 1. The van der Waals surface area contributed by atoms with Gasteiger partial charge >= 0.3 is 12.0 Å². The molecule has 9 nitrogen and oxygen atoms in total. The van der Waals surface area contributed by atoms with Crippen molar-refractivity contribution < 1.29 is 28.3 Å². The highest BCUT2D eigenvalue weighted by molar-refractivity contribution is 5.88. The smallest absolute Gasteiger partial charge is 0.343 e. The molecule has 0 radical (unpaired) electrons. The Morgan fingerprint density at radius 3 is 2.24 bits per heavy atom. The van der Waals surface area contributed by atoms with Crippen molar-refractivity contribution in [1.29, 1.82) is 0 Å². The number of halogens is 2. The molecule has 3 N–H and O–H groups in total. The average Bonchev–Trinajstić information content (AvgIpc) is 3.36. The number of fused-ring (bicyclic) bond motifs is 1. The number of carboxylic acids is 1. The molecule has 2 amide bonds. The number of rotatable bonds is 10. The van der Waals surface area contributed by atoms with Gasteiger partial charge in [0.05, 0.1) is 24.4 Å². The standard InChI is InChI=1S/C34H43F2N5O4/c1-18(2)10-28(39-34(45)41-29-17-40(19(3)4)9-8-23(29)16-37-41)33(44)38-27(15-30(42)43)26-14-24(11-22(7)32(26)36)31-20(5)12-25(35)13-21(31)6/h11-14,16,18-19,27-28H,8-10,15,17H2,1-7H3,(H,38,44)(H,39,45)(H,42,43)/t27-,28-/m0/s1. The van der Waals surface area contributed by atoms with Gasteiger partial charge in [0, 0.05) is 24.7 Å². The molecule has 0 aliphatic carbocycles. The number of hydrogen-bond donors (Lipinski definition) is 3. The van der Waals surface area contributed by atoms with E-state index in [1.165, 1.54) is 22.9 Å².